The molecule has 0 aliphatic heterocycles. The number of hydrogen-bond acceptors (Lipinski definition) is 2. The highest BCUT2D eigenvalue weighted by molar-refractivity contribution is 5.87. The highest BCUT2D eigenvalue weighted by atomic mass is 16.4. The number of carboxylic acid groups (broad SMARTS) is 2. The normalized spacial score (nSPS) is 13.3. The Bertz CT molecular complexity index is 662. The quantitative estimate of drug-likeness (QED) is 0.806. The fraction of sp³-hybridized carbons (Fsp3) is 0.263. The molecule has 2 aromatic rings. The van der Waals surface area contributed by atoms with E-state index in [-0.39, 0.29) is 23.8 Å². The van der Waals surface area contributed by atoms with Crippen LogP contribution in [0.25, 0.3) is 0 Å². The van der Waals surface area contributed by atoms with Crippen LogP contribution in [-0.4, -0.2) is 22.2 Å². The third kappa shape index (κ3) is 4.19. The van der Waals surface area contributed by atoms with Gasteiger partial charge in [-0.25, -0.2) is 4.79 Å². The smallest absolute Gasteiger partial charge is 0.335 e. The van der Waals surface area contributed by atoms with Crippen LogP contribution in [0.4, 0.5) is 0 Å². The van der Waals surface area contributed by atoms with Crippen molar-refractivity contribution in [2.45, 2.75) is 31.6 Å². The van der Waals surface area contributed by atoms with Crippen molar-refractivity contribution in [1.82, 2.24) is 0 Å². The molecule has 120 valence electrons. The summed E-state index contributed by atoms with van der Waals surface area (Å²) in [4.78, 5) is 22.3. The number of rotatable bonds is 7. The molecule has 2 atom stereocenters. The van der Waals surface area contributed by atoms with Gasteiger partial charge in [0.05, 0.1) is 12.0 Å². The van der Waals surface area contributed by atoms with E-state index in [0.29, 0.717) is 0 Å². The first-order valence-corrected chi connectivity index (χ1v) is 7.63. The summed E-state index contributed by atoms with van der Waals surface area (Å²) in [6.45, 7) is 2.02. The molecule has 0 spiro atoms. The van der Waals surface area contributed by atoms with Crippen LogP contribution in [0, 0.1) is 0 Å². The van der Waals surface area contributed by atoms with Crippen molar-refractivity contribution in [3.63, 3.8) is 0 Å². The van der Waals surface area contributed by atoms with Gasteiger partial charge in [-0.05, 0) is 35.6 Å². The molecule has 0 saturated heterocycles. The number of aromatic carboxylic acids is 1. The summed E-state index contributed by atoms with van der Waals surface area (Å²) in [5.74, 6) is -1.92. The number of benzene rings is 2. The van der Waals surface area contributed by atoms with E-state index in [9.17, 15) is 14.7 Å². The van der Waals surface area contributed by atoms with Crippen LogP contribution in [0.3, 0.4) is 0 Å². The maximum Gasteiger partial charge on any atom is 0.335 e. The summed E-state index contributed by atoms with van der Waals surface area (Å²) < 4.78 is 0. The lowest BCUT2D eigenvalue weighted by atomic mass is 9.78. The van der Waals surface area contributed by atoms with Crippen LogP contribution in [0.5, 0.6) is 0 Å². The first kappa shape index (κ1) is 16.7. The van der Waals surface area contributed by atoms with Gasteiger partial charge in [0, 0.05) is 5.92 Å². The van der Waals surface area contributed by atoms with Gasteiger partial charge in [-0.3, -0.25) is 4.79 Å². The van der Waals surface area contributed by atoms with Crippen LogP contribution in [0.2, 0.25) is 0 Å². The average molecular weight is 312 g/mol. The molecule has 0 amide bonds. The lowest BCUT2D eigenvalue weighted by Gasteiger charge is -2.26. The first-order valence-electron chi connectivity index (χ1n) is 7.63. The lowest BCUT2D eigenvalue weighted by Crippen LogP contribution is -2.15. The number of hydrogen-bond donors (Lipinski definition) is 2. The molecule has 0 fully saturated rings. The summed E-state index contributed by atoms with van der Waals surface area (Å²) in [6, 6.07) is 16.3. The molecule has 0 aliphatic carbocycles. The van der Waals surface area contributed by atoms with Crippen LogP contribution < -0.4 is 0 Å². The highest BCUT2D eigenvalue weighted by Gasteiger charge is 2.26. The SMILES string of the molecule is CCC(c1ccc(C(=O)O)cc1)C(CC(=O)O)c1ccccc1. The number of carbonyl (C=O) groups is 2. The highest BCUT2D eigenvalue weighted by Crippen LogP contribution is 2.38. The largest absolute Gasteiger partial charge is 0.481 e. The average Bonchev–Trinajstić information content (AvgIpc) is 2.55. The predicted molar refractivity (Wildman–Crippen MR) is 87.9 cm³/mol. The maximum atomic E-state index is 11.3. The van der Waals surface area contributed by atoms with E-state index in [1.807, 2.05) is 37.3 Å². The molecular weight excluding hydrogens is 292 g/mol. The summed E-state index contributed by atoms with van der Waals surface area (Å²) in [5.41, 5.74) is 2.19. The summed E-state index contributed by atoms with van der Waals surface area (Å²) in [5, 5.41) is 18.3. The second-order valence-electron chi connectivity index (χ2n) is 5.56. The zero-order chi connectivity index (χ0) is 16.8. The standard InChI is InChI=1S/C19H20O4/c1-2-16(14-8-10-15(11-9-14)19(22)23)17(12-18(20)21)13-6-4-3-5-7-13/h3-11,16-17H,2,12H2,1H3,(H,20,21)(H,22,23). The van der Waals surface area contributed by atoms with Gasteiger partial charge in [0.1, 0.15) is 0 Å². The van der Waals surface area contributed by atoms with Crippen molar-refractivity contribution in [1.29, 1.82) is 0 Å². The van der Waals surface area contributed by atoms with Crippen molar-refractivity contribution >= 4 is 11.9 Å². The topological polar surface area (TPSA) is 74.6 Å². The third-order valence-corrected chi connectivity index (χ3v) is 4.13. The molecule has 4 nitrogen and oxygen atoms in total. The fourth-order valence-electron chi connectivity index (χ4n) is 3.01. The molecule has 0 aromatic heterocycles. The summed E-state index contributed by atoms with van der Waals surface area (Å²) >= 11 is 0. The lowest BCUT2D eigenvalue weighted by molar-refractivity contribution is -0.137. The molecule has 2 aromatic carbocycles. The third-order valence-electron chi connectivity index (χ3n) is 4.13. The van der Waals surface area contributed by atoms with Gasteiger partial charge in [-0.1, -0.05) is 49.4 Å². The Morgan fingerprint density at radius 2 is 1.43 bits per heavy atom. The van der Waals surface area contributed by atoms with Crippen LogP contribution in [-0.2, 0) is 4.79 Å². The van der Waals surface area contributed by atoms with Crippen LogP contribution in [0.1, 0.15) is 53.1 Å². The summed E-state index contributed by atoms with van der Waals surface area (Å²) in [6.07, 6.45) is 0.822. The Labute approximate surface area is 135 Å². The van der Waals surface area contributed by atoms with Gasteiger partial charge in [0.2, 0.25) is 0 Å². The van der Waals surface area contributed by atoms with Gasteiger partial charge in [-0.2, -0.15) is 0 Å². The van der Waals surface area contributed by atoms with E-state index in [0.717, 1.165) is 17.5 Å². The number of aliphatic carboxylic acids is 1. The van der Waals surface area contributed by atoms with Gasteiger partial charge in [0.25, 0.3) is 0 Å². The molecular formula is C19H20O4. The summed E-state index contributed by atoms with van der Waals surface area (Å²) in [7, 11) is 0. The minimum absolute atomic E-state index is 0.0244. The van der Waals surface area contributed by atoms with Crippen molar-refractivity contribution in [2.24, 2.45) is 0 Å². The zero-order valence-corrected chi connectivity index (χ0v) is 13.0. The van der Waals surface area contributed by atoms with E-state index < -0.39 is 11.9 Å². The van der Waals surface area contributed by atoms with E-state index in [4.69, 9.17) is 5.11 Å². The Morgan fingerprint density at radius 3 is 1.91 bits per heavy atom. The van der Waals surface area contributed by atoms with E-state index in [1.54, 1.807) is 24.3 Å². The Morgan fingerprint density at radius 1 is 0.870 bits per heavy atom. The van der Waals surface area contributed by atoms with Gasteiger partial charge in [-0.15, -0.1) is 0 Å². The fourth-order valence-corrected chi connectivity index (χ4v) is 3.01. The monoisotopic (exact) mass is 312 g/mol. The molecule has 2 N–H and O–H groups in total. The molecule has 23 heavy (non-hydrogen) atoms. The van der Waals surface area contributed by atoms with Gasteiger partial charge >= 0.3 is 11.9 Å². The predicted octanol–water partition coefficient (Wildman–Crippen LogP) is 4.14. The maximum absolute atomic E-state index is 11.3. The Kier molecular flexibility index (Phi) is 5.52. The van der Waals surface area contributed by atoms with Crippen molar-refractivity contribution in [3.8, 4) is 0 Å². The molecule has 0 aliphatic rings. The molecule has 0 saturated carbocycles. The second-order valence-corrected chi connectivity index (χ2v) is 5.56. The van der Waals surface area contributed by atoms with Gasteiger partial charge in [0.15, 0.2) is 0 Å². The molecule has 4 heteroatoms. The van der Waals surface area contributed by atoms with Gasteiger partial charge < -0.3 is 10.2 Å². The molecule has 0 radical (unpaired) electrons. The van der Waals surface area contributed by atoms with Crippen LogP contribution >= 0.6 is 0 Å². The van der Waals surface area contributed by atoms with E-state index in [1.165, 1.54) is 0 Å². The minimum atomic E-state index is -0.963. The Hall–Kier alpha value is -2.62. The van der Waals surface area contributed by atoms with Crippen molar-refractivity contribution in [3.05, 3.63) is 71.3 Å². The number of carboxylic acids is 2. The molecule has 2 rings (SSSR count). The first-order chi connectivity index (χ1) is 11.0. The molecule has 0 bridgehead atoms. The van der Waals surface area contributed by atoms with Crippen molar-refractivity contribution < 1.29 is 19.8 Å². The Balaban J connectivity index is 2.37. The van der Waals surface area contributed by atoms with E-state index >= 15 is 0 Å². The van der Waals surface area contributed by atoms with E-state index in [2.05, 4.69) is 0 Å². The second kappa shape index (κ2) is 7.58. The van der Waals surface area contributed by atoms with Crippen LogP contribution in [0.15, 0.2) is 54.6 Å². The molecule has 2 unspecified atom stereocenters. The van der Waals surface area contributed by atoms with Crippen molar-refractivity contribution in [2.75, 3.05) is 0 Å². The molecule has 0 heterocycles. The zero-order valence-electron chi connectivity index (χ0n) is 13.0. The minimum Gasteiger partial charge on any atom is -0.481 e.